The van der Waals surface area contributed by atoms with Gasteiger partial charge in [0.2, 0.25) is 0 Å². The van der Waals surface area contributed by atoms with E-state index in [1.807, 2.05) is 7.11 Å². The number of methoxy groups -OCH3 is 1. The zero-order chi connectivity index (χ0) is 22.5. The van der Waals surface area contributed by atoms with Crippen LogP contribution in [-0.4, -0.2) is 67.2 Å². The molecule has 4 unspecified atom stereocenters. The third-order valence-electron chi connectivity index (χ3n) is 8.22. The predicted molar refractivity (Wildman–Crippen MR) is 123 cm³/mol. The lowest BCUT2D eigenvalue weighted by Crippen LogP contribution is -2.46. The summed E-state index contributed by atoms with van der Waals surface area (Å²) in [5, 5.41) is 12.2. The fraction of sp³-hybridized carbons (Fsp3) is 0.880. The summed E-state index contributed by atoms with van der Waals surface area (Å²) in [5.74, 6) is 0.594. The Morgan fingerprint density at radius 2 is 1.81 bits per heavy atom. The van der Waals surface area contributed by atoms with Crippen LogP contribution < -0.4 is 5.32 Å². The summed E-state index contributed by atoms with van der Waals surface area (Å²) >= 11 is 0. The number of likely N-dealkylation sites (tertiary alicyclic amines) is 1. The number of carbonyl (C=O) groups is 1. The van der Waals surface area contributed by atoms with Crippen molar-refractivity contribution < 1.29 is 19.4 Å². The van der Waals surface area contributed by atoms with E-state index in [9.17, 15) is 4.79 Å². The minimum atomic E-state index is -0.756. The lowest BCUT2D eigenvalue weighted by molar-refractivity contribution is -0.00777. The second-order valence-electron chi connectivity index (χ2n) is 10.5. The Kier molecular flexibility index (Phi) is 8.44. The molecule has 0 aromatic rings. The van der Waals surface area contributed by atoms with Crippen LogP contribution in [0.3, 0.4) is 0 Å². The predicted octanol–water partition coefficient (Wildman–Crippen LogP) is 4.84. The Labute approximate surface area is 188 Å². The molecule has 4 rings (SSSR count). The number of carboxylic acid groups (broad SMARTS) is 1. The number of hydrogen-bond donors (Lipinski definition) is 2. The molecule has 3 heterocycles. The van der Waals surface area contributed by atoms with Crippen molar-refractivity contribution in [2.24, 2.45) is 11.3 Å². The van der Waals surface area contributed by atoms with Gasteiger partial charge in [0.25, 0.3) is 0 Å². The zero-order valence-corrected chi connectivity index (χ0v) is 20.1. The fourth-order valence-electron chi connectivity index (χ4n) is 5.89. The molecule has 4 atom stereocenters. The molecule has 0 bridgehead atoms. The van der Waals surface area contributed by atoms with Crippen molar-refractivity contribution >= 4 is 6.09 Å². The van der Waals surface area contributed by atoms with Crippen molar-refractivity contribution in [3.8, 4) is 0 Å². The second kappa shape index (κ2) is 10.7. The highest BCUT2D eigenvalue weighted by Gasteiger charge is 2.58. The van der Waals surface area contributed by atoms with E-state index in [1.165, 1.54) is 44.1 Å². The summed E-state index contributed by atoms with van der Waals surface area (Å²) in [6.07, 6.45) is 13.1. The normalized spacial score (nSPS) is 34.5. The Morgan fingerprint density at radius 1 is 1.16 bits per heavy atom. The molecular formula is C25H44N2O4. The number of ether oxygens (including phenoxy) is 2. The number of nitrogens with zero attached hydrogens (tertiary/aromatic N) is 1. The molecule has 0 aromatic carbocycles. The van der Waals surface area contributed by atoms with Crippen molar-refractivity contribution in [1.29, 1.82) is 0 Å². The monoisotopic (exact) mass is 436 g/mol. The molecule has 0 radical (unpaired) electrons. The van der Waals surface area contributed by atoms with Crippen LogP contribution in [0.1, 0.15) is 78.6 Å². The van der Waals surface area contributed by atoms with E-state index in [1.54, 1.807) is 4.90 Å². The maximum Gasteiger partial charge on any atom is 0.407 e. The van der Waals surface area contributed by atoms with E-state index in [2.05, 4.69) is 32.2 Å². The largest absolute Gasteiger partial charge is 0.465 e. The van der Waals surface area contributed by atoms with E-state index < -0.39 is 6.09 Å². The van der Waals surface area contributed by atoms with Gasteiger partial charge in [0.1, 0.15) is 0 Å². The van der Waals surface area contributed by atoms with Gasteiger partial charge in [-0.25, -0.2) is 4.79 Å². The van der Waals surface area contributed by atoms with Crippen LogP contribution >= 0.6 is 0 Å². The van der Waals surface area contributed by atoms with Crippen molar-refractivity contribution in [1.82, 2.24) is 10.2 Å². The topological polar surface area (TPSA) is 74.3 Å². The van der Waals surface area contributed by atoms with Crippen LogP contribution in [0.4, 0.5) is 4.79 Å². The van der Waals surface area contributed by atoms with Crippen molar-refractivity contribution in [3.63, 3.8) is 0 Å². The van der Waals surface area contributed by atoms with Gasteiger partial charge in [-0.2, -0.15) is 0 Å². The van der Waals surface area contributed by atoms with Crippen LogP contribution in [0, 0.1) is 11.3 Å². The lowest BCUT2D eigenvalue weighted by atomic mass is 9.72. The number of allylic oxidation sites excluding steroid dienone is 1. The van der Waals surface area contributed by atoms with Gasteiger partial charge >= 0.3 is 6.09 Å². The summed E-state index contributed by atoms with van der Waals surface area (Å²) in [7, 11) is 1.85. The Bertz CT molecular complexity index is 617. The standard InChI is InChI=1S/C15H26O2.C10H18N2O2/c1-11(2)9-10-14-15(3,17-14)12-7-5-6-8-13(12)16-4;13-9(14)12-7-3-10(4-8-12)1-5-11-6-2-10/h9,12-14H,5-8,10H2,1-4H3;11H,1-8H2,(H,13,14). The first kappa shape index (κ1) is 24.5. The highest BCUT2D eigenvalue weighted by Crippen LogP contribution is 2.50. The highest BCUT2D eigenvalue weighted by molar-refractivity contribution is 5.65. The van der Waals surface area contributed by atoms with E-state index in [0.29, 0.717) is 23.5 Å². The van der Waals surface area contributed by atoms with Crippen LogP contribution in [0.15, 0.2) is 11.6 Å². The molecule has 178 valence electrons. The number of piperidine rings is 2. The SMILES string of the molecule is COC1CCCCC1C1(C)OC1CC=C(C)C.O=C(O)N1CCC2(CCNCC2)CC1. The first-order chi connectivity index (χ1) is 14.8. The smallest absolute Gasteiger partial charge is 0.407 e. The van der Waals surface area contributed by atoms with E-state index in [-0.39, 0.29) is 5.60 Å². The number of rotatable bonds is 4. The average Bonchev–Trinajstić information content (AvgIpc) is 3.45. The molecule has 2 N–H and O–H groups in total. The van der Waals surface area contributed by atoms with Gasteiger partial charge < -0.3 is 24.8 Å². The van der Waals surface area contributed by atoms with Gasteiger partial charge in [-0.05, 0) is 84.2 Å². The lowest BCUT2D eigenvalue weighted by Gasteiger charge is -2.43. The molecule has 1 spiro atoms. The van der Waals surface area contributed by atoms with Crippen LogP contribution in [0.5, 0.6) is 0 Å². The summed E-state index contributed by atoms with van der Waals surface area (Å²) < 4.78 is 11.7. The molecule has 1 aliphatic carbocycles. The Balaban J connectivity index is 0.000000179. The summed E-state index contributed by atoms with van der Waals surface area (Å²) in [6.45, 7) is 10.2. The molecule has 4 fully saturated rings. The van der Waals surface area contributed by atoms with Gasteiger partial charge in [-0.1, -0.05) is 24.5 Å². The van der Waals surface area contributed by atoms with E-state index >= 15 is 0 Å². The van der Waals surface area contributed by atoms with Crippen LogP contribution in [-0.2, 0) is 9.47 Å². The summed E-state index contributed by atoms with van der Waals surface area (Å²) in [4.78, 5) is 12.3. The Hall–Kier alpha value is -1.11. The average molecular weight is 437 g/mol. The molecule has 6 nitrogen and oxygen atoms in total. The van der Waals surface area contributed by atoms with Crippen LogP contribution in [0.25, 0.3) is 0 Å². The third-order valence-corrected chi connectivity index (χ3v) is 8.22. The molecule has 4 aliphatic rings. The molecule has 1 amide bonds. The first-order valence-electron chi connectivity index (χ1n) is 12.3. The Morgan fingerprint density at radius 3 is 2.39 bits per heavy atom. The quantitative estimate of drug-likeness (QED) is 0.487. The maximum absolute atomic E-state index is 10.7. The summed E-state index contributed by atoms with van der Waals surface area (Å²) in [5.41, 5.74) is 1.92. The van der Waals surface area contributed by atoms with Crippen molar-refractivity contribution in [2.75, 3.05) is 33.3 Å². The second-order valence-corrected chi connectivity index (χ2v) is 10.5. The van der Waals surface area contributed by atoms with Gasteiger partial charge in [-0.3, -0.25) is 0 Å². The van der Waals surface area contributed by atoms with Crippen molar-refractivity contribution in [2.45, 2.75) is 96.4 Å². The minimum Gasteiger partial charge on any atom is -0.465 e. The molecule has 3 aliphatic heterocycles. The molecule has 1 saturated carbocycles. The van der Waals surface area contributed by atoms with Gasteiger partial charge in [0.15, 0.2) is 0 Å². The molecular weight excluding hydrogens is 392 g/mol. The maximum atomic E-state index is 10.7. The zero-order valence-electron chi connectivity index (χ0n) is 20.1. The summed E-state index contributed by atoms with van der Waals surface area (Å²) in [6, 6.07) is 0. The van der Waals surface area contributed by atoms with Gasteiger partial charge in [-0.15, -0.1) is 0 Å². The van der Waals surface area contributed by atoms with Gasteiger partial charge in [0, 0.05) is 26.1 Å². The minimum absolute atomic E-state index is 0.0764. The fourth-order valence-corrected chi connectivity index (χ4v) is 5.89. The molecule has 31 heavy (non-hydrogen) atoms. The van der Waals surface area contributed by atoms with E-state index in [0.717, 1.165) is 45.4 Å². The molecule has 6 heteroatoms. The number of epoxide rings is 1. The first-order valence-corrected chi connectivity index (χ1v) is 12.3. The van der Waals surface area contributed by atoms with Crippen molar-refractivity contribution in [3.05, 3.63) is 11.6 Å². The molecule has 0 aromatic heterocycles. The third kappa shape index (κ3) is 6.23. The highest BCUT2D eigenvalue weighted by atomic mass is 16.6. The number of hydrogen-bond acceptors (Lipinski definition) is 4. The number of nitrogens with one attached hydrogen (secondary N) is 1. The van der Waals surface area contributed by atoms with Crippen LogP contribution in [0.2, 0.25) is 0 Å². The van der Waals surface area contributed by atoms with E-state index in [4.69, 9.17) is 14.6 Å². The van der Waals surface area contributed by atoms with Gasteiger partial charge in [0.05, 0.1) is 17.8 Å². The molecule has 3 saturated heterocycles. The number of amides is 1.